The van der Waals surface area contributed by atoms with Crippen LogP contribution >= 0.6 is 11.6 Å². The molecule has 1 atom stereocenters. The summed E-state index contributed by atoms with van der Waals surface area (Å²) in [6.07, 6.45) is 10.9. The second kappa shape index (κ2) is 6.96. The molecule has 1 N–H and O–H groups in total. The van der Waals surface area contributed by atoms with E-state index in [2.05, 4.69) is 5.32 Å². The van der Waals surface area contributed by atoms with Crippen LogP contribution in [0.2, 0.25) is 0 Å². The quantitative estimate of drug-likeness (QED) is 0.584. The summed E-state index contributed by atoms with van der Waals surface area (Å²) in [5.41, 5.74) is 0.385. The van der Waals surface area contributed by atoms with Gasteiger partial charge in [-0.1, -0.05) is 19.3 Å². The Bertz CT molecular complexity index is 210. The summed E-state index contributed by atoms with van der Waals surface area (Å²) in [5.74, 6) is 0.819. The lowest BCUT2D eigenvalue weighted by Crippen LogP contribution is -2.38. The first-order valence-electron chi connectivity index (χ1n) is 7.23. The van der Waals surface area contributed by atoms with Gasteiger partial charge < -0.3 is 10.1 Å². The molecule has 2 fully saturated rings. The Hall–Kier alpha value is 0.210. The number of rotatable bonds is 6. The first-order chi connectivity index (χ1) is 8.35. The van der Waals surface area contributed by atoms with Crippen molar-refractivity contribution in [2.24, 2.45) is 5.41 Å². The minimum Gasteiger partial charge on any atom is -0.378 e. The zero-order chi connectivity index (χ0) is 12.0. The van der Waals surface area contributed by atoms with Crippen molar-refractivity contribution in [1.29, 1.82) is 0 Å². The molecule has 0 spiro atoms. The monoisotopic (exact) mass is 259 g/mol. The van der Waals surface area contributed by atoms with Gasteiger partial charge in [0.15, 0.2) is 0 Å². The number of hydrogen-bond acceptors (Lipinski definition) is 2. The summed E-state index contributed by atoms with van der Waals surface area (Å²) in [6, 6.07) is 0. The van der Waals surface area contributed by atoms with Crippen molar-refractivity contribution in [3.8, 4) is 0 Å². The fourth-order valence-corrected chi connectivity index (χ4v) is 3.51. The van der Waals surface area contributed by atoms with Crippen molar-refractivity contribution in [3.63, 3.8) is 0 Å². The van der Waals surface area contributed by atoms with Crippen molar-refractivity contribution in [2.45, 2.75) is 57.5 Å². The third-order valence-corrected chi connectivity index (χ3v) is 4.93. The van der Waals surface area contributed by atoms with E-state index in [9.17, 15) is 0 Å². The van der Waals surface area contributed by atoms with Gasteiger partial charge in [-0.3, -0.25) is 0 Å². The Morgan fingerprint density at radius 2 is 2.00 bits per heavy atom. The minimum absolute atomic E-state index is 0.385. The molecular formula is C14H26ClNO. The molecule has 100 valence electrons. The van der Waals surface area contributed by atoms with Crippen LogP contribution in [0.1, 0.15) is 51.4 Å². The van der Waals surface area contributed by atoms with Gasteiger partial charge in [0, 0.05) is 19.0 Å². The summed E-state index contributed by atoms with van der Waals surface area (Å²) in [7, 11) is 0. The molecule has 0 radical (unpaired) electrons. The molecule has 17 heavy (non-hydrogen) atoms. The molecule has 0 aromatic carbocycles. The highest BCUT2D eigenvalue weighted by Gasteiger charge is 2.30. The molecule has 1 aliphatic heterocycles. The number of nitrogens with one attached hydrogen (secondary N) is 1. The van der Waals surface area contributed by atoms with E-state index in [4.69, 9.17) is 16.3 Å². The van der Waals surface area contributed by atoms with Gasteiger partial charge in [-0.15, -0.1) is 11.6 Å². The van der Waals surface area contributed by atoms with Gasteiger partial charge in [0.1, 0.15) is 0 Å². The summed E-state index contributed by atoms with van der Waals surface area (Å²) in [4.78, 5) is 0. The molecule has 0 aromatic heterocycles. The highest BCUT2D eigenvalue weighted by Crippen LogP contribution is 2.36. The highest BCUT2D eigenvalue weighted by molar-refractivity contribution is 6.18. The van der Waals surface area contributed by atoms with Crippen molar-refractivity contribution in [2.75, 3.05) is 25.6 Å². The number of halogens is 1. The van der Waals surface area contributed by atoms with Crippen LogP contribution in [-0.4, -0.2) is 31.7 Å². The van der Waals surface area contributed by atoms with Crippen LogP contribution in [0, 0.1) is 5.41 Å². The fraction of sp³-hybridized carbons (Fsp3) is 1.00. The predicted molar refractivity (Wildman–Crippen MR) is 72.7 cm³/mol. The molecule has 1 aliphatic carbocycles. The topological polar surface area (TPSA) is 21.3 Å². The van der Waals surface area contributed by atoms with Crippen LogP contribution in [-0.2, 0) is 4.74 Å². The molecule has 1 saturated carbocycles. The Labute approximate surface area is 110 Å². The molecule has 1 unspecified atom stereocenters. The average Bonchev–Trinajstić information content (AvgIpc) is 2.89. The average molecular weight is 260 g/mol. The maximum atomic E-state index is 6.18. The maximum Gasteiger partial charge on any atom is 0.0588 e. The van der Waals surface area contributed by atoms with Gasteiger partial charge in [-0.05, 0) is 44.1 Å². The molecule has 0 amide bonds. The summed E-state index contributed by atoms with van der Waals surface area (Å²) >= 11 is 6.18. The first kappa shape index (κ1) is 13.6. The third kappa shape index (κ3) is 4.11. The number of ether oxygens (including phenoxy) is 1. The van der Waals surface area contributed by atoms with E-state index < -0.39 is 0 Å². The molecule has 2 rings (SSSR count). The molecule has 0 bridgehead atoms. The largest absolute Gasteiger partial charge is 0.378 e. The minimum atomic E-state index is 0.385. The van der Waals surface area contributed by atoms with Crippen molar-refractivity contribution in [3.05, 3.63) is 0 Å². The van der Waals surface area contributed by atoms with E-state index in [0.717, 1.165) is 25.6 Å². The fourth-order valence-electron chi connectivity index (χ4n) is 3.15. The Morgan fingerprint density at radius 3 is 2.65 bits per heavy atom. The van der Waals surface area contributed by atoms with Gasteiger partial charge in [-0.25, -0.2) is 0 Å². The van der Waals surface area contributed by atoms with E-state index in [1.54, 1.807) is 0 Å². The van der Waals surface area contributed by atoms with E-state index in [1.807, 2.05) is 0 Å². The zero-order valence-electron chi connectivity index (χ0n) is 10.8. The lowest BCUT2D eigenvalue weighted by atomic mass is 9.75. The Morgan fingerprint density at radius 1 is 1.18 bits per heavy atom. The molecular weight excluding hydrogens is 234 g/mol. The van der Waals surface area contributed by atoms with Gasteiger partial charge in [0.2, 0.25) is 0 Å². The maximum absolute atomic E-state index is 6.18. The number of alkyl halides is 1. The van der Waals surface area contributed by atoms with Gasteiger partial charge >= 0.3 is 0 Å². The van der Waals surface area contributed by atoms with Crippen molar-refractivity contribution >= 4 is 11.6 Å². The predicted octanol–water partition coefficient (Wildman–Crippen LogP) is 3.33. The summed E-state index contributed by atoms with van der Waals surface area (Å²) in [6.45, 7) is 3.16. The summed E-state index contributed by atoms with van der Waals surface area (Å²) in [5, 5.41) is 3.61. The lowest BCUT2D eigenvalue weighted by Gasteiger charge is -2.35. The van der Waals surface area contributed by atoms with Crippen LogP contribution in [0.15, 0.2) is 0 Å². The second-order valence-corrected chi connectivity index (χ2v) is 6.06. The van der Waals surface area contributed by atoms with Crippen LogP contribution in [0.3, 0.4) is 0 Å². The molecule has 3 heteroatoms. The SMILES string of the molecule is ClCC1(CNCCC2CCCO2)CCCCC1. The molecule has 0 aromatic rings. The van der Waals surface area contributed by atoms with E-state index in [-0.39, 0.29) is 0 Å². The zero-order valence-corrected chi connectivity index (χ0v) is 11.6. The molecule has 2 nitrogen and oxygen atoms in total. The van der Waals surface area contributed by atoms with Crippen LogP contribution in [0.4, 0.5) is 0 Å². The van der Waals surface area contributed by atoms with Crippen molar-refractivity contribution < 1.29 is 4.74 Å². The molecule has 1 saturated heterocycles. The van der Waals surface area contributed by atoms with Gasteiger partial charge in [-0.2, -0.15) is 0 Å². The van der Waals surface area contributed by atoms with E-state index in [1.165, 1.54) is 51.4 Å². The Balaban J connectivity index is 1.61. The van der Waals surface area contributed by atoms with Gasteiger partial charge in [0.05, 0.1) is 6.10 Å². The van der Waals surface area contributed by atoms with Crippen LogP contribution in [0.25, 0.3) is 0 Å². The highest BCUT2D eigenvalue weighted by atomic mass is 35.5. The lowest BCUT2D eigenvalue weighted by molar-refractivity contribution is 0.102. The smallest absolute Gasteiger partial charge is 0.0588 e. The van der Waals surface area contributed by atoms with Crippen LogP contribution in [0.5, 0.6) is 0 Å². The normalized spacial score (nSPS) is 28.4. The standard InChI is InChI=1S/C14H26ClNO/c15-11-14(7-2-1-3-8-14)12-16-9-6-13-5-4-10-17-13/h13,16H,1-12H2. The van der Waals surface area contributed by atoms with Crippen LogP contribution < -0.4 is 5.32 Å². The van der Waals surface area contributed by atoms with E-state index in [0.29, 0.717) is 11.5 Å². The third-order valence-electron chi connectivity index (χ3n) is 4.36. The molecule has 1 heterocycles. The second-order valence-electron chi connectivity index (χ2n) is 5.79. The summed E-state index contributed by atoms with van der Waals surface area (Å²) < 4.78 is 5.63. The Kier molecular flexibility index (Phi) is 5.58. The van der Waals surface area contributed by atoms with Gasteiger partial charge in [0.25, 0.3) is 0 Å². The molecule has 2 aliphatic rings. The first-order valence-corrected chi connectivity index (χ1v) is 7.76. The van der Waals surface area contributed by atoms with Crippen molar-refractivity contribution in [1.82, 2.24) is 5.32 Å². The van der Waals surface area contributed by atoms with E-state index >= 15 is 0 Å². The number of hydrogen-bond donors (Lipinski definition) is 1.